The molecule has 0 aliphatic rings. The molecule has 9 rings (SSSR count). The highest BCUT2D eigenvalue weighted by Crippen LogP contribution is 2.40. The van der Waals surface area contributed by atoms with Crippen LogP contribution in [0.1, 0.15) is 5.56 Å². The van der Waals surface area contributed by atoms with Crippen molar-refractivity contribution >= 4 is 54.5 Å². The molecule has 0 spiro atoms. The molecule has 46 heavy (non-hydrogen) atoms. The van der Waals surface area contributed by atoms with Crippen molar-refractivity contribution in [3.63, 3.8) is 0 Å². The molecule has 2 aromatic heterocycles. The summed E-state index contributed by atoms with van der Waals surface area (Å²) in [5.74, 6) is 0.649. The Bertz CT molecular complexity index is 2610. The summed E-state index contributed by atoms with van der Waals surface area (Å²) in [5.41, 5.74) is 6.11. The smallest absolute Gasteiger partial charge is 0.416 e. The van der Waals surface area contributed by atoms with Gasteiger partial charge in [0.25, 0.3) is 0 Å². The van der Waals surface area contributed by atoms with Gasteiger partial charge in [-0.15, -0.1) is 0 Å². The number of alkyl halides is 3. The quantitative estimate of drug-likeness (QED) is 0.188. The van der Waals surface area contributed by atoms with Crippen molar-refractivity contribution in [3.8, 4) is 28.2 Å². The molecule has 0 aliphatic carbocycles. The van der Waals surface area contributed by atoms with Gasteiger partial charge in [0.1, 0.15) is 17.0 Å². The van der Waals surface area contributed by atoms with Gasteiger partial charge in [-0.05, 0) is 64.4 Å². The van der Waals surface area contributed by atoms with Crippen LogP contribution >= 0.6 is 0 Å². The van der Waals surface area contributed by atoms with Crippen LogP contribution in [0.5, 0.6) is 0 Å². The fourth-order valence-electron chi connectivity index (χ4n) is 6.67. The SMILES string of the molecule is FC(F)(F)c1ccc(-n2c(-c3ccc(-c4ccc5c(c4)oc4ccccc45)cc3)nc3c4ccccc4c4ccccc4c32)cc1. The van der Waals surface area contributed by atoms with E-state index in [4.69, 9.17) is 9.40 Å². The van der Waals surface area contributed by atoms with Crippen molar-refractivity contribution in [2.45, 2.75) is 6.18 Å². The van der Waals surface area contributed by atoms with Gasteiger partial charge in [-0.1, -0.05) is 97.1 Å². The standard InChI is InChI=1S/C40H23F3N2O/c41-40(42,43)27-18-20-28(21-19-27)45-38-34-11-4-2-8-30(34)29-7-1-3-10-33(29)37(38)44-39(45)25-15-13-24(14-16-25)26-17-22-32-31-9-5-6-12-35(31)46-36(32)23-26/h1-23H. The number of para-hydroxylation sites is 1. The third-order valence-corrected chi connectivity index (χ3v) is 8.84. The van der Waals surface area contributed by atoms with E-state index >= 15 is 0 Å². The van der Waals surface area contributed by atoms with Gasteiger partial charge in [-0.3, -0.25) is 4.57 Å². The van der Waals surface area contributed by atoms with Crippen molar-refractivity contribution in [1.29, 1.82) is 0 Å². The highest BCUT2D eigenvalue weighted by Gasteiger charge is 2.30. The normalized spacial score (nSPS) is 12.2. The van der Waals surface area contributed by atoms with Gasteiger partial charge in [-0.25, -0.2) is 4.98 Å². The molecule has 0 saturated carbocycles. The number of rotatable bonds is 3. The fraction of sp³-hybridized carbons (Fsp3) is 0.0250. The van der Waals surface area contributed by atoms with Crippen molar-refractivity contribution in [2.24, 2.45) is 0 Å². The molecule has 0 saturated heterocycles. The molecule has 0 fully saturated rings. The molecular weight excluding hydrogens is 581 g/mol. The van der Waals surface area contributed by atoms with Crippen LogP contribution in [0.15, 0.2) is 144 Å². The monoisotopic (exact) mass is 604 g/mol. The molecule has 0 radical (unpaired) electrons. The fourth-order valence-corrected chi connectivity index (χ4v) is 6.67. The van der Waals surface area contributed by atoms with Gasteiger partial charge in [-0.2, -0.15) is 13.2 Å². The molecule has 0 N–H and O–H groups in total. The van der Waals surface area contributed by atoms with Crippen LogP contribution in [-0.2, 0) is 6.18 Å². The number of halogens is 3. The van der Waals surface area contributed by atoms with E-state index in [0.717, 1.165) is 83.3 Å². The van der Waals surface area contributed by atoms with Gasteiger partial charge >= 0.3 is 6.18 Å². The maximum absolute atomic E-state index is 13.5. The van der Waals surface area contributed by atoms with Crippen molar-refractivity contribution in [1.82, 2.24) is 9.55 Å². The third kappa shape index (κ3) is 4.03. The summed E-state index contributed by atoms with van der Waals surface area (Å²) in [7, 11) is 0. The van der Waals surface area contributed by atoms with Gasteiger partial charge in [0.05, 0.1) is 16.6 Å². The average Bonchev–Trinajstić information content (AvgIpc) is 3.67. The summed E-state index contributed by atoms with van der Waals surface area (Å²) in [6.45, 7) is 0. The predicted molar refractivity (Wildman–Crippen MR) is 179 cm³/mol. The first-order valence-corrected chi connectivity index (χ1v) is 15.0. The van der Waals surface area contributed by atoms with E-state index < -0.39 is 11.7 Å². The van der Waals surface area contributed by atoms with Crippen LogP contribution < -0.4 is 0 Å². The predicted octanol–water partition coefficient (Wildman–Crippen LogP) is 11.6. The van der Waals surface area contributed by atoms with Gasteiger partial charge in [0.15, 0.2) is 0 Å². The Morgan fingerprint density at radius 2 is 1.07 bits per heavy atom. The number of hydrogen-bond acceptors (Lipinski definition) is 2. The van der Waals surface area contributed by atoms with Crippen LogP contribution in [0.4, 0.5) is 13.2 Å². The zero-order valence-electron chi connectivity index (χ0n) is 24.2. The van der Waals surface area contributed by atoms with Crippen molar-refractivity contribution < 1.29 is 17.6 Å². The van der Waals surface area contributed by atoms with E-state index in [1.807, 2.05) is 77.4 Å². The Labute approximate surface area is 260 Å². The van der Waals surface area contributed by atoms with Crippen LogP contribution in [0, 0.1) is 0 Å². The lowest BCUT2D eigenvalue weighted by Gasteiger charge is -2.14. The Kier molecular flexibility index (Phi) is 5.66. The number of hydrogen-bond donors (Lipinski definition) is 0. The number of nitrogens with zero attached hydrogens (tertiary/aromatic N) is 2. The minimum absolute atomic E-state index is 0.602. The first kappa shape index (κ1) is 26.5. The summed E-state index contributed by atoms with van der Waals surface area (Å²) >= 11 is 0. The maximum atomic E-state index is 13.5. The molecule has 3 nitrogen and oxygen atoms in total. The molecule has 9 aromatic rings. The Balaban J connectivity index is 1.25. The van der Waals surface area contributed by atoms with Gasteiger partial charge < -0.3 is 4.42 Å². The molecule has 0 amide bonds. The van der Waals surface area contributed by atoms with Crippen LogP contribution in [0.3, 0.4) is 0 Å². The van der Waals surface area contributed by atoms with Gasteiger partial charge in [0, 0.05) is 32.8 Å². The molecule has 220 valence electrons. The summed E-state index contributed by atoms with van der Waals surface area (Å²) in [4.78, 5) is 5.20. The van der Waals surface area contributed by atoms with Crippen LogP contribution in [-0.4, -0.2) is 9.55 Å². The summed E-state index contributed by atoms with van der Waals surface area (Å²) in [6.07, 6.45) is -4.43. The Morgan fingerprint density at radius 3 is 1.78 bits per heavy atom. The van der Waals surface area contributed by atoms with Gasteiger partial charge in [0.2, 0.25) is 0 Å². The molecule has 0 aliphatic heterocycles. The van der Waals surface area contributed by atoms with Crippen molar-refractivity contribution in [3.05, 3.63) is 145 Å². The molecule has 0 unspecified atom stereocenters. The van der Waals surface area contributed by atoms with E-state index in [1.54, 1.807) is 0 Å². The van der Waals surface area contributed by atoms with E-state index in [-0.39, 0.29) is 0 Å². The van der Waals surface area contributed by atoms with Crippen LogP contribution in [0.25, 0.3) is 82.7 Å². The Hall–Kier alpha value is -5.88. The van der Waals surface area contributed by atoms with E-state index in [9.17, 15) is 13.2 Å². The molecule has 0 bridgehead atoms. The van der Waals surface area contributed by atoms with E-state index in [1.165, 1.54) is 12.1 Å². The average molecular weight is 605 g/mol. The molecule has 7 aromatic carbocycles. The highest BCUT2D eigenvalue weighted by molar-refractivity contribution is 6.24. The van der Waals surface area contributed by atoms with Crippen molar-refractivity contribution in [2.75, 3.05) is 0 Å². The number of furan rings is 1. The largest absolute Gasteiger partial charge is 0.456 e. The lowest BCUT2D eigenvalue weighted by atomic mass is 10.00. The number of fused-ring (bicyclic) bond motifs is 9. The molecule has 2 heterocycles. The number of imidazole rings is 1. The summed E-state index contributed by atoms with van der Waals surface area (Å²) in [6, 6.07) is 43.9. The van der Waals surface area contributed by atoms with E-state index in [2.05, 4.69) is 42.5 Å². The lowest BCUT2D eigenvalue weighted by Crippen LogP contribution is -2.05. The first-order chi connectivity index (χ1) is 22.4. The molecular formula is C40H23F3N2O. The minimum atomic E-state index is -4.43. The highest BCUT2D eigenvalue weighted by atomic mass is 19.4. The lowest BCUT2D eigenvalue weighted by molar-refractivity contribution is -0.137. The van der Waals surface area contributed by atoms with E-state index in [0.29, 0.717) is 11.5 Å². The topological polar surface area (TPSA) is 31.0 Å². The summed E-state index contributed by atoms with van der Waals surface area (Å²) < 4.78 is 48.7. The second-order valence-electron chi connectivity index (χ2n) is 11.5. The zero-order chi connectivity index (χ0) is 31.0. The summed E-state index contributed by atoms with van der Waals surface area (Å²) in [5, 5.41) is 6.25. The number of aromatic nitrogens is 2. The Morgan fingerprint density at radius 1 is 0.500 bits per heavy atom. The minimum Gasteiger partial charge on any atom is -0.456 e. The molecule has 6 heteroatoms. The third-order valence-electron chi connectivity index (χ3n) is 8.84. The molecule has 0 atom stereocenters. The second-order valence-corrected chi connectivity index (χ2v) is 11.5. The van der Waals surface area contributed by atoms with Crippen LogP contribution in [0.2, 0.25) is 0 Å². The zero-order valence-corrected chi connectivity index (χ0v) is 24.2. The number of benzene rings is 7. The second kappa shape index (κ2) is 9.81. The first-order valence-electron chi connectivity index (χ1n) is 15.0. The maximum Gasteiger partial charge on any atom is 0.416 e.